The molecule has 1 aromatic heterocycles. The number of halogens is 1. The summed E-state index contributed by atoms with van der Waals surface area (Å²) in [6.45, 7) is 0.411. The minimum absolute atomic E-state index is 0.145. The number of anilines is 1. The van der Waals surface area contributed by atoms with Crippen LogP contribution in [-0.4, -0.2) is 41.2 Å². The first kappa shape index (κ1) is 17.1. The fourth-order valence-electron chi connectivity index (χ4n) is 3.43. The molecule has 6 nitrogen and oxygen atoms in total. The molecule has 1 fully saturated rings. The van der Waals surface area contributed by atoms with Crippen molar-refractivity contribution in [3.8, 4) is 0 Å². The van der Waals surface area contributed by atoms with Crippen LogP contribution in [0, 0.1) is 0 Å². The lowest BCUT2D eigenvalue weighted by molar-refractivity contribution is -0.121. The molecule has 2 atom stereocenters. The van der Waals surface area contributed by atoms with E-state index in [9.17, 15) is 14.4 Å². The lowest BCUT2D eigenvalue weighted by Gasteiger charge is -2.37. The molecule has 0 spiro atoms. The average Bonchev–Trinajstić information content (AvgIpc) is 3.13. The molecule has 2 aromatic rings. The molecule has 2 N–H and O–H groups in total. The van der Waals surface area contributed by atoms with Gasteiger partial charge in [0.1, 0.15) is 6.04 Å². The van der Waals surface area contributed by atoms with Crippen LogP contribution in [0.3, 0.4) is 0 Å². The normalized spacial score (nSPS) is 22.1. The highest BCUT2D eigenvalue weighted by Crippen LogP contribution is 2.30. The second-order valence-corrected chi connectivity index (χ2v) is 7.75. The van der Waals surface area contributed by atoms with Crippen molar-refractivity contribution in [2.45, 2.75) is 24.9 Å². The van der Waals surface area contributed by atoms with Gasteiger partial charge in [-0.15, -0.1) is 11.3 Å². The van der Waals surface area contributed by atoms with Crippen molar-refractivity contribution in [3.63, 3.8) is 0 Å². The van der Waals surface area contributed by atoms with Crippen molar-refractivity contribution < 1.29 is 14.4 Å². The highest BCUT2D eigenvalue weighted by molar-refractivity contribution is 7.12. The molecule has 1 aromatic carbocycles. The first-order chi connectivity index (χ1) is 12.5. The van der Waals surface area contributed by atoms with Crippen LogP contribution in [0.15, 0.2) is 35.7 Å². The quantitative estimate of drug-likeness (QED) is 0.828. The molecule has 4 rings (SSSR count). The Morgan fingerprint density at radius 2 is 2.15 bits per heavy atom. The first-order valence-electron chi connectivity index (χ1n) is 8.28. The Balaban J connectivity index is 1.54. The summed E-state index contributed by atoms with van der Waals surface area (Å²) in [6.07, 6.45) is 0.992. The Bertz CT molecular complexity index is 884. The second kappa shape index (κ2) is 6.74. The second-order valence-electron chi connectivity index (χ2n) is 6.37. The largest absolute Gasteiger partial charge is 0.348 e. The summed E-state index contributed by atoms with van der Waals surface area (Å²) < 4.78 is 0. The van der Waals surface area contributed by atoms with Crippen molar-refractivity contribution in [3.05, 3.63) is 51.2 Å². The number of nitrogens with zero attached hydrogens (tertiary/aromatic N) is 1. The molecule has 26 heavy (non-hydrogen) atoms. The predicted octanol–water partition coefficient (Wildman–Crippen LogP) is 2.76. The van der Waals surface area contributed by atoms with E-state index in [1.807, 2.05) is 11.4 Å². The van der Waals surface area contributed by atoms with Gasteiger partial charge < -0.3 is 15.5 Å². The van der Waals surface area contributed by atoms with E-state index < -0.39 is 6.04 Å². The molecule has 0 saturated carbocycles. The van der Waals surface area contributed by atoms with Crippen LogP contribution in [0.1, 0.15) is 32.9 Å². The number of carbonyl (C=O) groups is 3. The molecule has 1 saturated heterocycles. The molecule has 0 aliphatic carbocycles. The molecule has 134 valence electrons. The van der Waals surface area contributed by atoms with Crippen molar-refractivity contribution in [2.24, 2.45) is 0 Å². The summed E-state index contributed by atoms with van der Waals surface area (Å²) in [5.41, 5.74) is 0.868. The van der Waals surface area contributed by atoms with E-state index in [2.05, 4.69) is 10.6 Å². The van der Waals surface area contributed by atoms with Gasteiger partial charge in [-0.05, 0) is 42.5 Å². The number of carbonyl (C=O) groups excluding carboxylic acids is 3. The van der Waals surface area contributed by atoms with E-state index in [-0.39, 0.29) is 23.8 Å². The Labute approximate surface area is 159 Å². The third kappa shape index (κ3) is 3.08. The maximum atomic E-state index is 12.8. The maximum absolute atomic E-state index is 12.8. The topological polar surface area (TPSA) is 78.5 Å². The Kier molecular flexibility index (Phi) is 4.42. The minimum Gasteiger partial charge on any atom is -0.348 e. The van der Waals surface area contributed by atoms with Gasteiger partial charge in [0, 0.05) is 17.6 Å². The molecule has 2 aliphatic rings. The first-order valence-corrected chi connectivity index (χ1v) is 9.54. The van der Waals surface area contributed by atoms with Gasteiger partial charge in [-0.25, -0.2) is 0 Å². The lowest BCUT2D eigenvalue weighted by atomic mass is 9.96. The molecule has 8 heteroatoms. The van der Waals surface area contributed by atoms with E-state index in [0.717, 1.165) is 0 Å². The molecule has 0 unspecified atom stereocenters. The third-order valence-corrected chi connectivity index (χ3v) is 5.82. The van der Waals surface area contributed by atoms with Crippen LogP contribution in [0.2, 0.25) is 5.02 Å². The highest BCUT2D eigenvalue weighted by Gasteiger charge is 2.40. The summed E-state index contributed by atoms with van der Waals surface area (Å²) in [5.74, 6) is -0.591. The zero-order valence-electron chi connectivity index (χ0n) is 13.7. The fourth-order valence-corrected chi connectivity index (χ4v) is 4.23. The van der Waals surface area contributed by atoms with E-state index in [1.165, 1.54) is 11.3 Å². The fraction of sp³-hybridized carbons (Fsp3) is 0.278. The van der Waals surface area contributed by atoms with Gasteiger partial charge >= 0.3 is 0 Å². The van der Waals surface area contributed by atoms with Gasteiger partial charge in [0.25, 0.3) is 11.8 Å². The molecule has 0 radical (unpaired) electrons. The lowest BCUT2D eigenvalue weighted by Crippen LogP contribution is -2.54. The Hall–Kier alpha value is -2.38. The number of benzene rings is 1. The minimum atomic E-state index is -0.615. The summed E-state index contributed by atoms with van der Waals surface area (Å²) in [5, 5.41) is 8.07. The van der Waals surface area contributed by atoms with Gasteiger partial charge in [0.15, 0.2) is 0 Å². The van der Waals surface area contributed by atoms with Gasteiger partial charge in [0.2, 0.25) is 5.91 Å². The zero-order chi connectivity index (χ0) is 18.3. The van der Waals surface area contributed by atoms with Crippen molar-refractivity contribution in [1.82, 2.24) is 10.2 Å². The van der Waals surface area contributed by atoms with Crippen LogP contribution in [0.4, 0.5) is 5.69 Å². The van der Waals surface area contributed by atoms with Crippen molar-refractivity contribution >= 4 is 46.3 Å². The van der Waals surface area contributed by atoms with E-state index in [4.69, 9.17) is 11.6 Å². The molecule has 3 heterocycles. The standard InChI is InChI=1S/C18H16ClN3O3S/c19-10-3-4-12-13(8-10)21-16(23)14-9-11(5-6-22(14)18(12)25)20-17(24)15-2-1-7-26-15/h1-4,7-8,11,14H,5-6,9H2,(H,20,24)(H,21,23)/t11-,14-/m0/s1. The van der Waals surface area contributed by atoms with Crippen molar-refractivity contribution in [2.75, 3.05) is 11.9 Å². The average molecular weight is 390 g/mol. The van der Waals surface area contributed by atoms with Crippen LogP contribution in [0.5, 0.6) is 0 Å². The molecule has 2 aliphatic heterocycles. The molecular weight excluding hydrogens is 374 g/mol. The van der Waals surface area contributed by atoms with Crippen LogP contribution in [-0.2, 0) is 4.79 Å². The van der Waals surface area contributed by atoms with Crippen LogP contribution < -0.4 is 10.6 Å². The van der Waals surface area contributed by atoms with Gasteiger partial charge in [-0.1, -0.05) is 17.7 Å². The maximum Gasteiger partial charge on any atom is 0.261 e. The van der Waals surface area contributed by atoms with Gasteiger partial charge in [-0.3, -0.25) is 14.4 Å². The molecular formula is C18H16ClN3O3S. The van der Waals surface area contributed by atoms with E-state index in [1.54, 1.807) is 29.2 Å². The van der Waals surface area contributed by atoms with Gasteiger partial charge in [-0.2, -0.15) is 0 Å². The number of thiophene rings is 1. The number of nitrogens with one attached hydrogen (secondary N) is 2. The van der Waals surface area contributed by atoms with Crippen LogP contribution >= 0.6 is 22.9 Å². The number of hydrogen-bond donors (Lipinski definition) is 2. The van der Waals surface area contributed by atoms with E-state index in [0.29, 0.717) is 40.5 Å². The number of hydrogen-bond acceptors (Lipinski definition) is 4. The van der Waals surface area contributed by atoms with Crippen LogP contribution in [0.25, 0.3) is 0 Å². The van der Waals surface area contributed by atoms with Gasteiger partial charge in [0.05, 0.1) is 16.1 Å². The SMILES string of the molecule is O=C(N[C@H]1CCN2C(=O)c3ccc(Cl)cc3NC(=O)[C@@H]2C1)c1cccs1. The van der Waals surface area contributed by atoms with E-state index >= 15 is 0 Å². The third-order valence-electron chi connectivity index (χ3n) is 4.72. The zero-order valence-corrected chi connectivity index (χ0v) is 15.3. The number of piperidine rings is 1. The highest BCUT2D eigenvalue weighted by atomic mass is 35.5. The summed E-state index contributed by atoms with van der Waals surface area (Å²) in [4.78, 5) is 40.0. The molecule has 3 amide bonds. The summed E-state index contributed by atoms with van der Waals surface area (Å²) >= 11 is 7.36. The monoisotopic (exact) mass is 389 g/mol. The Morgan fingerprint density at radius 3 is 2.92 bits per heavy atom. The number of amides is 3. The predicted molar refractivity (Wildman–Crippen MR) is 99.7 cm³/mol. The number of rotatable bonds is 2. The van der Waals surface area contributed by atoms with Crippen molar-refractivity contribution in [1.29, 1.82) is 0 Å². The summed E-state index contributed by atoms with van der Waals surface area (Å²) in [7, 11) is 0. The smallest absolute Gasteiger partial charge is 0.261 e. The molecule has 0 bridgehead atoms. The number of fused-ring (bicyclic) bond motifs is 2. The summed E-state index contributed by atoms with van der Waals surface area (Å²) in [6, 6.07) is 7.66. The Morgan fingerprint density at radius 1 is 1.31 bits per heavy atom.